The Balaban J connectivity index is 3.99. The van der Waals surface area contributed by atoms with Crippen molar-refractivity contribution in [2.45, 2.75) is 19.9 Å². The van der Waals surface area contributed by atoms with Crippen molar-refractivity contribution in [3.05, 3.63) is 0 Å². The third-order valence-corrected chi connectivity index (χ3v) is 3.05. The molecule has 0 rings (SSSR count). The Morgan fingerprint density at radius 3 is 2.12 bits per heavy atom. The van der Waals surface area contributed by atoms with Gasteiger partial charge in [0.15, 0.2) is 0 Å². The molecule has 0 aromatic heterocycles. The first-order valence-electron chi connectivity index (χ1n) is 4.65. The number of nitrogens with one attached hydrogen (secondary N) is 1. The van der Waals surface area contributed by atoms with Crippen LogP contribution in [0, 0.1) is 5.92 Å². The average Bonchev–Trinajstić information content (AvgIpc) is 2.14. The Morgan fingerprint density at radius 2 is 1.75 bits per heavy atom. The lowest BCUT2D eigenvalue weighted by molar-refractivity contribution is -0.141. The van der Waals surface area contributed by atoms with E-state index in [1.165, 1.54) is 18.7 Å². The van der Waals surface area contributed by atoms with Gasteiger partial charge in [-0.2, -0.15) is 11.8 Å². The average molecular weight is 249 g/mol. The Hall–Kier alpha value is -1.24. The van der Waals surface area contributed by atoms with Gasteiger partial charge >= 0.3 is 11.9 Å². The molecule has 0 radical (unpaired) electrons. The molecular formula is C9H15NO5S. The van der Waals surface area contributed by atoms with Crippen LogP contribution in [0.1, 0.15) is 13.8 Å². The van der Waals surface area contributed by atoms with Crippen molar-refractivity contribution in [1.29, 1.82) is 0 Å². The third-order valence-electron chi connectivity index (χ3n) is 1.75. The second-order valence-corrected chi connectivity index (χ2v) is 4.44. The molecule has 0 bridgehead atoms. The zero-order valence-electron chi connectivity index (χ0n) is 9.10. The van der Waals surface area contributed by atoms with Gasteiger partial charge in [0.1, 0.15) is 6.04 Å². The van der Waals surface area contributed by atoms with Gasteiger partial charge in [-0.25, -0.2) is 4.79 Å². The number of aliphatic carboxylic acids is 2. The van der Waals surface area contributed by atoms with Crippen LogP contribution < -0.4 is 5.32 Å². The maximum absolute atomic E-state index is 10.7. The summed E-state index contributed by atoms with van der Waals surface area (Å²) in [6.07, 6.45) is 0. The highest BCUT2D eigenvalue weighted by Crippen LogP contribution is 2.10. The van der Waals surface area contributed by atoms with Crippen molar-refractivity contribution in [1.82, 2.24) is 5.32 Å². The summed E-state index contributed by atoms with van der Waals surface area (Å²) < 4.78 is 0. The van der Waals surface area contributed by atoms with Gasteiger partial charge in [-0.15, -0.1) is 0 Å². The summed E-state index contributed by atoms with van der Waals surface area (Å²) in [6.45, 7) is 2.78. The fourth-order valence-electron chi connectivity index (χ4n) is 0.854. The Bertz CT molecular complexity index is 281. The number of thioether (sulfide) groups is 1. The lowest BCUT2D eigenvalue weighted by atomic mass is 10.2. The number of hydrogen-bond acceptors (Lipinski definition) is 4. The number of carboxylic acids is 2. The van der Waals surface area contributed by atoms with Crippen LogP contribution in [0.3, 0.4) is 0 Å². The molecule has 6 nitrogen and oxygen atoms in total. The second-order valence-electron chi connectivity index (χ2n) is 3.37. The van der Waals surface area contributed by atoms with Crippen LogP contribution in [0.5, 0.6) is 0 Å². The molecule has 2 atom stereocenters. The van der Waals surface area contributed by atoms with E-state index in [4.69, 9.17) is 10.2 Å². The second kappa shape index (κ2) is 7.10. The molecule has 7 heteroatoms. The van der Waals surface area contributed by atoms with E-state index in [-0.39, 0.29) is 5.75 Å². The van der Waals surface area contributed by atoms with Crippen molar-refractivity contribution in [2.24, 2.45) is 5.92 Å². The number of carbonyl (C=O) groups is 3. The highest BCUT2D eigenvalue weighted by Gasteiger charge is 2.19. The normalized spacial score (nSPS) is 13.9. The predicted molar refractivity (Wildman–Crippen MR) is 59.4 cm³/mol. The van der Waals surface area contributed by atoms with Crippen LogP contribution in [-0.4, -0.2) is 45.6 Å². The van der Waals surface area contributed by atoms with Gasteiger partial charge in [0.2, 0.25) is 5.91 Å². The lowest BCUT2D eigenvalue weighted by Crippen LogP contribution is -2.41. The van der Waals surface area contributed by atoms with Crippen molar-refractivity contribution in [2.75, 3.05) is 11.5 Å². The van der Waals surface area contributed by atoms with Crippen molar-refractivity contribution in [3.8, 4) is 0 Å². The number of amides is 1. The van der Waals surface area contributed by atoms with Gasteiger partial charge in [-0.3, -0.25) is 9.59 Å². The smallest absolute Gasteiger partial charge is 0.327 e. The molecule has 0 aliphatic heterocycles. The molecule has 0 heterocycles. The Labute approximate surface area is 97.4 Å². The maximum atomic E-state index is 10.7. The molecule has 3 N–H and O–H groups in total. The van der Waals surface area contributed by atoms with Crippen LogP contribution >= 0.6 is 11.8 Å². The van der Waals surface area contributed by atoms with E-state index in [1.807, 2.05) is 0 Å². The fourth-order valence-corrected chi connectivity index (χ4v) is 1.95. The minimum absolute atomic E-state index is 0.159. The summed E-state index contributed by atoms with van der Waals surface area (Å²) >= 11 is 1.19. The molecule has 0 aliphatic rings. The van der Waals surface area contributed by atoms with Crippen molar-refractivity contribution < 1.29 is 24.6 Å². The first-order valence-corrected chi connectivity index (χ1v) is 5.80. The lowest BCUT2D eigenvalue weighted by Gasteiger charge is -2.13. The highest BCUT2D eigenvalue weighted by molar-refractivity contribution is 7.99. The summed E-state index contributed by atoms with van der Waals surface area (Å²) in [6, 6.07) is -0.969. The SMILES string of the molecule is CC(=O)N[C@H](CSC[C@@H](C)C(=O)O)C(=O)O. The van der Waals surface area contributed by atoms with Crippen molar-refractivity contribution >= 4 is 29.6 Å². The molecule has 0 aliphatic carbocycles. The molecule has 1 amide bonds. The quantitative estimate of drug-likeness (QED) is 0.588. The van der Waals surface area contributed by atoms with E-state index >= 15 is 0 Å². The zero-order chi connectivity index (χ0) is 12.7. The molecule has 92 valence electrons. The minimum Gasteiger partial charge on any atom is -0.481 e. The number of rotatable bonds is 7. The zero-order valence-corrected chi connectivity index (χ0v) is 9.91. The Morgan fingerprint density at radius 1 is 1.19 bits per heavy atom. The van der Waals surface area contributed by atoms with E-state index < -0.39 is 29.8 Å². The van der Waals surface area contributed by atoms with Gasteiger partial charge in [-0.1, -0.05) is 6.92 Å². The Kier molecular flexibility index (Phi) is 6.55. The predicted octanol–water partition coefficient (Wildman–Crippen LogP) is 0.0296. The fraction of sp³-hybridized carbons (Fsp3) is 0.667. The van der Waals surface area contributed by atoms with Gasteiger partial charge in [-0.05, 0) is 0 Å². The van der Waals surface area contributed by atoms with E-state index in [0.717, 1.165) is 0 Å². The van der Waals surface area contributed by atoms with E-state index in [0.29, 0.717) is 5.75 Å². The molecule has 0 aromatic rings. The molecule has 0 saturated heterocycles. The molecule has 0 unspecified atom stereocenters. The van der Waals surface area contributed by atoms with Gasteiger partial charge in [0.25, 0.3) is 0 Å². The van der Waals surface area contributed by atoms with E-state index in [2.05, 4.69) is 5.32 Å². The molecule has 0 fully saturated rings. The summed E-state index contributed by atoms with van der Waals surface area (Å²) in [5.41, 5.74) is 0. The molecule has 0 aromatic carbocycles. The summed E-state index contributed by atoms with van der Waals surface area (Å²) in [4.78, 5) is 31.9. The van der Waals surface area contributed by atoms with E-state index in [1.54, 1.807) is 6.92 Å². The summed E-state index contributed by atoms with van der Waals surface area (Å²) in [5.74, 6) is -2.51. The molecular weight excluding hydrogens is 234 g/mol. The third kappa shape index (κ3) is 6.28. The highest BCUT2D eigenvalue weighted by atomic mass is 32.2. The van der Waals surface area contributed by atoms with Gasteiger partial charge in [0, 0.05) is 18.4 Å². The van der Waals surface area contributed by atoms with Crippen LogP contribution in [0.25, 0.3) is 0 Å². The number of carbonyl (C=O) groups excluding carboxylic acids is 1. The van der Waals surface area contributed by atoms with Crippen LogP contribution in [0.2, 0.25) is 0 Å². The number of carboxylic acid groups (broad SMARTS) is 2. The van der Waals surface area contributed by atoms with Crippen LogP contribution in [-0.2, 0) is 14.4 Å². The van der Waals surface area contributed by atoms with Gasteiger partial charge in [0.05, 0.1) is 5.92 Å². The van der Waals surface area contributed by atoms with Crippen LogP contribution in [0.4, 0.5) is 0 Å². The molecule has 0 saturated carbocycles. The van der Waals surface area contributed by atoms with E-state index in [9.17, 15) is 14.4 Å². The summed E-state index contributed by atoms with van der Waals surface area (Å²) in [7, 11) is 0. The standard InChI is InChI=1S/C9H15NO5S/c1-5(8(12)13)3-16-4-7(9(14)15)10-6(2)11/h5,7H,3-4H2,1-2H3,(H,10,11)(H,12,13)(H,14,15)/t5-,7-/m1/s1. The van der Waals surface area contributed by atoms with Crippen molar-refractivity contribution in [3.63, 3.8) is 0 Å². The molecule has 16 heavy (non-hydrogen) atoms. The van der Waals surface area contributed by atoms with Gasteiger partial charge < -0.3 is 15.5 Å². The maximum Gasteiger partial charge on any atom is 0.327 e. The van der Waals surface area contributed by atoms with Crippen LogP contribution in [0.15, 0.2) is 0 Å². The topological polar surface area (TPSA) is 104 Å². The largest absolute Gasteiger partial charge is 0.481 e. The summed E-state index contributed by atoms with van der Waals surface area (Å²) in [5, 5.41) is 19.6. The first-order chi connectivity index (χ1) is 7.34. The first kappa shape index (κ1) is 14.8. The monoisotopic (exact) mass is 249 g/mol. The number of hydrogen-bond donors (Lipinski definition) is 3. The minimum atomic E-state index is -1.12. The molecule has 0 spiro atoms.